The summed E-state index contributed by atoms with van der Waals surface area (Å²) in [6.45, 7) is 1.79. The van der Waals surface area contributed by atoms with Crippen molar-refractivity contribution in [3.05, 3.63) is 42.0 Å². The Balaban J connectivity index is 1.59. The van der Waals surface area contributed by atoms with Crippen LogP contribution in [0.15, 0.2) is 30.5 Å². The van der Waals surface area contributed by atoms with Crippen LogP contribution in [0.5, 0.6) is 11.5 Å². The molecule has 122 valence electrons. The number of fused-ring (bicyclic) bond motifs is 2. The highest BCUT2D eigenvalue weighted by Gasteiger charge is 2.43. The van der Waals surface area contributed by atoms with Gasteiger partial charge in [0.2, 0.25) is 5.82 Å². The number of amides is 1. The number of rotatable bonds is 2. The van der Waals surface area contributed by atoms with E-state index in [0.29, 0.717) is 0 Å². The van der Waals surface area contributed by atoms with Gasteiger partial charge in [-0.25, -0.2) is 9.50 Å². The van der Waals surface area contributed by atoms with Crippen molar-refractivity contribution in [1.29, 1.82) is 0 Å². The number of ether oxygens (including phenoxy) is 2. The van der Waals surface area contributed by atoms with Gasteiger partial charge in [0.05, 0.1) is 0 Å². The number of nitrogens with zero attached hydrogens (tertiary/aromatic N) is 4. The van der Waals surface area contributed by atoms with Gasteiger partial charge in [0.25, 0.3) is 11.7 Å². The summed E-state index contributed by atoms with van der Waals surface area (Å²) in [4.78, 5) is 20.2. The smallest absolute Gasteiger partial charge is 0.395 e. The van der Waals surface area contributed by atoms with Crippen molar-refractivity contribution in [3.63, 3.8) is 0 Å². The maximum Gasteiger partial charge on any atom is 0.586 e. The molecule has 0 saturated carbocycles. The van der Waals surface area contributed by atoms with Crippen LogP contribution in [-0.2, 0) is 0 Å². The van der Waals surface area contributed by atoms with E-state index in [0.717, 1.165) is 5.69 Å². The van der Waals surface area contributed by atoms with E-state index in [4.69, 9.17) is 0 Å². The Kier molecular flexibility index (Phi) is 2.89. The number of halogens is 2. The molecule has 3 aromatic rings. The molecule has 0 spiro atoms. The lowest BCUT2D eigenvalue weighted by Crippen LogP contribution is -2.25. The molecular formula is C14H9F2N5O3. The maximum atomic E-state index is 13.0. The van der Waals surface area contributed by atoms with Crippen molar-refractivity contribution >= 4 is 17.4 Å². The molecule has 4 rings (SSSR count). The number of benzene rings is 1. The molecule has 1 amide bonds. The maximum absolute atomic E-state index is 13.0. The van der Waals surface area contributed by atoms with Gasteiger partial charge in [-0.2, -0.15) is 4.98 Å². The molecule has 1 aliphatic rings. The Labute approximate surface area is 133 Å². The second kappa shape index (κ2) is 4.85. The Bertz CT molecular complexity index is 972. The van der Waals surface area contributed by atoms with Crippen molar-refractivity contribution in [1.82, 2.24) is 19.6 Å². The van der Waals surface area contributed by atoms with Crippen LogP contribution in [0.3, 0.4) is 0 Å². The summed E-state index contributed by atoms with van der Waals surface area (Å²) in [6.07, 6.45) is -2.16. The van der Waals surface area contributed by atoms with Crippen LogP contribution >= 0.6 is 0 Å². The largest absolute Gasteiger partial charge is 0.586 e. The van der Waals surface area contributed by atoms with Gasteiger partial charge in [-0.05, 0) is 25.1 Å². The first-order valence-corrected chi connectivity index (χ1v) is 6.81. The normalized spacial score (nSPS) is 14.8. The number of alkyl halides is 2. The SMILES string of the molecule is Cc1ccnc2nc(C(=O)Nc3ccc4c(c3)OC(F)(F)O4)nn12. The lowest BCUT2D eigenvalue weighted by molar-refractivity contribution is -0.286. The average Bonchev–Trinajstić information content (AvgIpc) is 3.07. The van der Waals surface area contributed by atoms with Crippen LogP contribution < -0.4 is 14.8 Å². The minimum absolute atomic E-state index is 0.0974. The minimum Gasteiger partial charge on any atom is -0.395 e. The summed E-state index contributed by atoms with van der Waals surface area (Å²) in [5, 5.41) is 6.57. The number of carbonyl (C=O) groups excluding carboxylic acids is 1. The molecular weight excluding hydrogens is 324 g/mol. The third-order valence-corrected chi connectivity index (χ3v) is 3.29. The van der Waals surface area contributed by atoms with E-state index < -0.39 is 12.2 Å². The van der Waals surface area contributed by atoms with Crippen molar-refractivity contribution < 1.29 is 23.0 Å². The van der Waals surface area contributed by atoms with E-state index in [1.54, 1.807) is 19.2 Å². The number of anilines is 1. The fraction of sp³-hybridized carbons (Fsp3) is 0.143. The second-order valence-corrected chi connectivity index (χ2v) is 5.02. The average molecular weight is 333 g/mol. The van der Waals surface area contributed by atoms with Gasteiger partial charge in [-0.15, -0.1) is 13.9 Å². The fourth-order valence-corrected chi connectivity index (χ4v) is 2.22. The van der Waals surface area contributed by atoms with Gasteiger partial charge in [0.15, 0.2) is 11.5 Å². The lowest BCUT2D eigenvalue weighted by atomic mass is 10.3. The van der Waals surface area contributed by atoms with Crippen LogP contribution in [0.2, 0.25) is 0 Å². The van der Waals surface area contributed by atoms with E-state index in [1.165, 1.54) is 22.7 Å². The van der Waals surface area contributed by atoms with Crippen LogP contribution in [0.25, 0.3) is 5.78 Å². The summed E-state index contributed by atoms with van der Waals surface area (Å²) >= 11 is 0. The van der Waals surface area contributed by atoms with Crippen LogP contribution in [0, 0.1) is 6.92 Å². The highest BCUT2D eigenvalue weighted by atomic mass is 19.3. The van der Waals surface area contributed by atoms with Crippen molar-refractivity contribution in [2.45, 2.75) is 13.2 Å². The van der Waals surface area contributed by atoms with Gasteiger partial charge < -0.3 is 14.8 Å². The van der Waals surface area contributed by atoms with E-state index in [1.807, 2.05) is 0 Å². The molecule has 0 aliphatic carbocycles. The molecule has 0 unspecified atom stereocenters. The van der Waals surface area contributed by atoms with Crippen molar-refractivity contribution in [3.8, 4) is 11.5 Å². The molecule has 1 aromatic carbocycles. The van der Waals surface area contributed by atoms with E-state index >= 15 is 0 Å². The Hall–Kier alpha value is -3.30. The molecule has 0 fully saturated rings. The molecule has 1 N–H and O–H groups in total. The molecule has 3 heterocycles. The van der Waals surface area contributed by atoms with Crippen LogP contribution in [-0.4, -0.2) is 31.8 Å². The number of hydrogen-bond donors (Lipinski definition) is 1. The number of carbonyl (C=O) groups is 1. The van der Waals surface area contributed by atoms with E-state index in [9.17, 15) is 13.6 Å². The molecule has 0 bridgehead atoms. The molecule has 10 heteroatoms. The van der Waals surface area contributed by atoms with Crippen molar-refractivity contribution in [2.75, 3.05) is 5.32 Å². The highest BCUT2D eigenvalue weighted by Crippen LogP contribution is 2.42. The van der Waals surface area contributed by atoms with Crippen LogP contribution in [0.1, 0.15) is 16.3 Å². The molecule has 2 aromatic heterocycles. The Morgan fingerprint density at radius 2 is 2.04 bits per heavy atom. The zero-order valence-electron chi connectivity index (χ0n) is 12.2. The standard InChI is InChI=1S/C14H9F2N5O3/c1-7-4-5-17-13-19-11(20-21(7)13)12(22)18-8-2-3-9-10(6-8)24-14(15,16)23-9/h2-6H,1H3,(H,18,22). The predicted octanol–water partition coefficient (Wildman–Crippen LogP) is 2.01. The zero-order chi connectivity index (χ0) is 16.9. The first-order valence-electron chi connectivity index (χ1n) is 6.81. The zero-order valence-corrected chi connectivity index (χ0v) is 12.2. The molecule has 8 nitrogen and oxygen atoms in total. The van der Waals surface area contributed by atoms with Gasteiger partial charge in [-0.1, -0.05) is 0 Å². The summed E-state index contributed by atoms with van der Waals surface area (Å²) in [7, 11) is 0. The van der Waals surface area contributed by atoms with Gasteiger partial charge >= 0.3 is 6.29 Å². The molecule has 1 aliphatic heterocycles. The second-order valence-electron chi connectivity index (χ2n) is 5.02. The summed E-state index contributed by atoms with van der Waals surface area (Å²) in [5.74, 6) is -0.697. The topological polar surface area (TPSA) is 90.6 Å². The predicted molar refractivity (Wildman–Crippen MR) is 76.1 cm³/mol. The monoisotopic (exact) mass is 333 g/mol. The van der Waals surface area contributed by atoms with E-state index in [-0.39, 0.29) is 28.8 Å². The van der Waals surface area contributed by atoms with Gasteiger partial charge in [0, 0.05) is 23.6 Å². The molecule has 0 atom stereocenters. The molecule has 24 heavy (non-hydrogen) atoms. The summed E-state index contributed by atoms with van der Waals surface area (Å²) < 4.78 is 36.0. The lowest BCUT2D eigenvalue weighted by Gasteiger charge is -2.04. The number of hydrogen-bond acceptors (Lipinski definition) is 6. The van der Waals surface area contributed by atoms with Gasteiger partial charge in [0.1, 0.15) is 0 Å². The van der Waals surface area contributed by atoms with Crippen LogP contribution in [0.4, 0.5) is 14.5 Å². The Morgan fingerprint density at radius 1 is 1.25 bits per heavy atom. The third-order valence-electron chi connectivity index (χ3n) is 3.29. The quantitative estimate of drug-likeness (QED) is 0.771. The summed E-state index contributed by atoms with van der Waals surface area (Å²) in [6, 6.07) is 5.63. The van der Waals surface area contributed by atoms with E-state index in [2.05, 4.69) is 29.9 Å². The third kappa shape index (κ3) is 2.37. The number of aryl methyl sites for hydroxylation is 1. The highest BCUT2D eigenvalue weighted by molar-refractivity contribution is 6.01. The van der Waals surface area contributed by atoms with Gasteiger partial charge in [-0.3, -0.25) is 4.79 Å². The fourth-order valence-electron chi connectivity index (χ4n) is 2.22. The first-order chi connectivity index (χ1) is 11.4. The number of aromatic nitrogens is 4. The summed E-state index contributed by atoms with van der Waals surface area (Å²) in [5.41, 5.74) is 1.00. The molecule has 0 radical (unpaired) electrons. The molecule has 0 saturated heterocycles. The first kappa shape index (κ1) is 14.3. The Morgan fingerprint density at radius 3 is 2.83 bits per heavy atom. The van der Waals surface area contributed by atoms with Crippen molar-refractivity contribution in [2.24, 2.45) is 0 Å². The minimum atomic E-state index is -3.71. The number of nitrogens with one attached hydrogen (secondary N) is 1.